The van der Waals surface area contributed by atoms with Gasteiger partial charge in [0, 0.05) is 19.2 Å². The number of hydrogen-bond acceptors (Lipinski definition) is 5. The fourth-order valence-electron chi connectivity index (χ4n) is 1.17. The second kappa shape index (κ2) is 7.70. The molecule has 0 saturated heterocycles. The molecule has 0 saturated carbocycles. The first kappa shape index (κ1) is 12.5. The maximum atomic E-state index is 5.24. The van der Waals surface area contributed by atoms with E-state index in [1.54, 1.807) is 18.7 Å². The van der Waals surface area contributed by atoms with Gasteiger partial charge in [0.15, 0.2) is 0 Å². The largest absolute Gasteiger partial charge is 0.416 e. The number of hydrogen-bond donors (Lipinski definition) is 1. The summed E-state index contributed by atoms with van der Waals surface area (Å²) in [5, 5.41) is 11.7. The van der Waals surface area contributed by atoms with Crippen LogP contribution < -0.4 is 5.32 Å². The Morgan fingerprint density at radius 1 is 1.27 bits per heavy atom. The fraction of sp³-hybridized carbons (Fsp3) is 0.800. The Labute approximate surface area is 95.2 Å². The van der Waals surface area contributed by atoms with E-state index in [0.29, 0.717) is 11.1 Å². The van der Waals surface area contributed by atoms with Gasteiger partial charge in [-0.1, -0.05) is 31.5 Å². The molecule has 1 aromatic heterocycles. The van der Waals surface area contributed by atoms with Gasteiger partial charge in [-0.25, -0.2) is 0 Å². The minimum Gasteiger partial charge on any atom is -0.416 e. The van der Waals surface area contributed by atoms with Crippen LogP contribution in [0.1, 0.15) is 32.1 Å². The van der Waals surface area contributed by atoms with E-state index in [1.807, 2.05) is 0 Å². The molecule has 0 atom stereocenters. The van der Waals surface area contributed by atoms with Crippen LogP contribution in [0.2, 0.25) is 0 Å². The molecular weight excluding hydrogens is 210 g/mol. The topological polar surface area (TPSA) is 51.0 Å². The molecule has 86 valence electrons. The minimum atomic E-state index is 0.633. The number of thioether (sulfide) groups is 1. The molecule has 5 heteroatoms. The number of aryl methyl sites for hydroxylation is 1. The number of unbranched alkanes of at least 4 members (excludes halogenated alkanes) is 2. The van der Waals surface area contributed by atoms with Crippen molar-refractivity contribution in [3.63, 3.8) is 0 Å². The summed E-state index contributed by atoms with van der Waals surface area (Å²) in [6, 6.07) is 0. The lowest BCUT2D eigenvalue weighted by Gasteiger charge is -2.01. The molecule has 0 aliphatic heterocycles. The van der Waals surface area contributed by atoms with Crippen LogP contribution >= 0.6 is 11.8 Å². The summed E-state index contributed by atoms with van der Waals surface area (Å²) in [6.45, 7) is 6.13. The van der Waals surface area contributed by atoms with Crippen LogP contribution in [-0.2, 0) is 0 Å². The van der Waals surface area contributed by atoms with Gasteiger partial charge in [0.05, 0.1) is 0 Å². The number of rotatable bonds is 8. The molecule has 0 radical (unpaired) electrons. The smallest absolute Gasteiger partial charge is 0.276 e. The Balaban J connectivity index is 1.93. The summed E-state index contributed by atoms with van der Waals surface area (Å²) < 4.78 is 5.24. The van der Waals surface area contributed by atoms with Crippen molar-refractivity contribution in [3.8, 4) is 0 Å². The van der Waals surface area contributed by atoms with Crippen molar-refractivity contribution < 1.29 is 4.42 Å². The first-order valence-electron chi connectivity index (χ1n) is 5.46. The van der Waals surface area contributed by atoms with Crippen molar-refractivity contribution in [3.05, 3.63) is 5.89 Å². The van der Waals surface area contributed by atoms with Crippen LogP contribution in [-0.4, -0.2) is 29.0 Å². The van der Waals surface area contributed by atoms with E-state index in [4.69, 9.17) is 4.42 Å². The Kier molecular flexibility index (Phi) is 6.43. The van der Waals surface area contributed by atoms with E-state index in [2.05, 4.69) is 22.4 Å². The predicted molar refractivity (Wildman–Crippen MR) is 62.2 cm³/mol. The van der Waals surface area contributed by atoms with E-state index < -0.39 is 0 Å². The number of nitrogens with zero attached hydrogens (tertiary/aromatic N) is 2. The average Bonchev–Trinajstić information content (AvgIpc) is 2.63. The van der Waals surface area contributed by atoms with Gasteiger partial charge in [0.1, 0.15) is 0 Å². The number of aromatic nitrogens is 2. The van der Waals surface area contributed by atoms with Gasteiger partial charge in [0.2, 0.25) is 5.89 Å². The van der Waals surface area contributed by atoms with Crippen LogP contribution in [0.5, 0.6) is 0 Å². The standard InChI is InChI=1S/C10H19N3OS/c1-3-4-5-6-11-7-8-15-10-13-12-9(2)14-10/h11H,3-8H2,1-2H3. The normalized spacial score (nSPS) is 10.8. The molecule has 4 nitrogen and oxygen atoms in total. The van der Waals surface area contributed by atoms with E-state index in [-0.39, 0.29) is 0 Å². The molecule has 1 N–H and O–H groups in total. The molecule has 1 heterocycles. The lowest BCUT2D eigenvalue weighted by atomic mass is 10.2. The van der Waals surface area contributed by atoms with Crippen LogP contribution in [0, 0.1) is 6.92 Å². The molecule has 0 aromatic carbocycles. The molecule has 0 unspecified atom stereocenters. The van der Waals surface area contributed by atoms with E-state index in [1.165, 1.54) is 19.3 Å². The Hall–Kier alpha value is -0.550. The molecule has 0 amide bonds. The van der Waals surface area contributed by atoms with Crippen molar-refractivity contribution in [2.45, 2.75) is 38.3 Å². The minimum absolute atomic E-state index is 0.633. The van der Waals surface area contributed by atoms with Crippen molar-refractivity contribution in [1.29, 1.82) is 0 Å². The van der Waals surface area contributed by atoms with Gasteiger partial charge in [-0.3, -0.25) is 0 Å². The lowest BCUT2D eigenvalue weighted by Crippen LogP contribution is -2.18. The van der Waals surface area contributed by atoms with Crippen LogP contribution in [0.25, 0.3) is 0 Å². The molecule has 0 aliphatic rings. The zero-order valence-corrected chi connectivity index (χ0v) is 10.3. The molecule has 0 bridgehead atoms. The van der Waals surface area contributed by atoms with Gasteiger partial charge in [-0.15, -0.1) is 10.2 Å². The van der Waals surface area contributed by atoms with Crippen molar-refractivity contribution in [2.75, 3.05) is 18.8 Å². The van der Waals surface area contributed by atoms with Gasteiger partial charge < -0.3 is 9.73 Å². The van der Waals surface area contributed by atoms with Crippen LogP contribution in [0.4, 0.5) is 0 Å². The quantitative estimate of drug-likeness (QED) is 0.547. The molecular formula is C10H19N3OS. The van der Waals surface area contributed by atoms with Crippen molar-refractivity contribution in [2.24, 2.45) is 0 Å². The SMILES string of the molecule is CCCCCNCCSc1nnc(C)o1. The Morgan fingerprint density at radius 3 is 2.80 bits per heavy atom. The highest BCUT2D eigenvalue weighted by atomic mass is 32.2. The third-order valence-electron chi connectivity index (χ3n) is 1.97. The summed E-state index contributed by atoms with van der Waals surface area (Å²) in [5.41, 5.74) is 0. The van der Waals surface area contributed by atoms with Crippen LogP contribution in [0.3, 0.4) is 0 Å². The zero-order valence-electron chi connectivity index (χ0n) is 9.45. The lowest BCUT2D eigenvalue weighted by molar-refractivity contribution is 0.429. The predicted octanol–water partition coefficient (Wildman–Crippen LogP) is 2.25. The van der Waals surface area contributed by atoms with Gasteiger partial charge in [-0.05, 0) is 13.0 Å². The first-order valence-corrected chi connectivity index (χ1v) is 6.45. The molecule has 0 spiro atoms. The molecule has 0 fully saturated rings. The molecule has 1 rings (SSSR count). The average molecular weight is 229 g/mol. The summed E-state index contributed by atoms with van der Waals surface area (Å²) in [4.78, 5) is 0. The third kappa shape index (κ3) is 5.79. The molecule has 0 aliphatic carbocycles. The fourth-order valence-corrected chi connectivity index (χ4v) is 1.87. The Bertz CT molecular complexity index is 265. The second-order valence-electron chi connectivity index (χ2n) is 3.39. The third-order valence-corrected chi connectivity index (χ3v) is 2.79. The second-order valence-corrected chi connectivity index (χ2v) is 4.44. The maximum absolute atomic E-state index is 5.24. The summed E-state index contributed by atoms with van der Waals surface area (Å²) in [5.74, 6) is 1.61. The molecule has 15 heavy (non-hydrogen) atoms. The monoisotopic (exact) mass is 229 g/mol. The van der Waals surface area contributed by atoms with Gasteiger partial charge in [-0.2, -0.15) is 0 Å². The zero-order chi connectivity index (χ0) is 10.9. The maximum Gasteiger partial charge on any atom is 0.276 e. The molecule has 1 aromatic rings. The van der Waals surface area contributed by atoms with E-state index in [9.17, 15) is 0 Å². The Morgan fingerprint density at radius 2 is 2.13 bits per heavy atom. The van der Waals surface area contributed by atoms with E-state index in [0.717, 1.165) is 18.8 Å². The summed E-state index contributed by atoms with van der Waals surface area (Å²) >= 11 is 1.60. The summed E-state index contributed by atoms with van der Waals surface area (Å²) in [7, 11) is 0. The van der Waals surface area contributed by atoms with Gasteiger partial charge in [0.25, 0.3) is 5.22 Å². The van der Waals surface area contributed by atoms with Crippen LogP contribution in [0.15, 0.2) is 9.64 Å². The van der Waals surface area contributed by atoms with Crippen molar-refractivity contribution >= 4 is 11.8 Å². The highest BCUT2D eigenvalue weighted by molar-refractivity contribution is 7.99. The first-order chi connectivity index (χ1) is 7.33. The van der Waals surface area contributed by atoms with Crippen molar-refractivity contribution in [1.82, 2.24) is 15.5 Å². The summed E-state index contributed by atoms with van der Waals surface area (Å²) in [6.07, 6.45) is 3.85. The van der Waals surface area contributed by atoms with Gasteiger partial charge >= 0.3 is 0 Å². The highest BCUT2D eigenvalue weighted by Crippen LogP contribution is 2.14. The highest BCUT2D eigenvalue weighted by Gasteiger charge is 2.01. The number of nitrogens with one attached hydrogen (secondary N) is 1. The van der Waals surface area contributed by atoms with E-state index >= 15 is 0 Å².